The zero-order valence-corrected chi connectivity index (χ0v) is 15.8. The summed E-state index contributed by atoms with van der Waals surface area (Å²) in [5.74, 6) is 1.15. The zero-order valence-electron chi connectivity index (χ0n) is 15.8. The molecule has 0 aromatic heterocycles. The van der Waals surface area contributed by atoms with Crippen molar-refractivity contribution in [1.29, 1.82) is 0 Å². The number of aryl methyl sites for hydroxylation is 2. The smallest absolute Gasteiger partial charge is 0.222 e. The molecule has 4 nitrogen and oxygen atoms in total. The number of hydrogen-bond acceptors (Lipinski definition) is 3. The standard InChI is InChI=1S/C22H28N2O2/c1-18-7-5-9-20(17-18)23-12-14-24(15-13-23)22(25)11-6-16-26-21-10-4-3-8-19(21)2/h3-5,7-10,17H,6,11-16H2,1-2H3. The fourth-order valence-corrected chi connectivity index (χ4v) is 3.32. The van der Waals surface area contributed by atoms with Gasteiger partial charge in [0.1, 0.15) is 5.75 Å². The highest BCUT2D eigenvalue weighted by atomic mass is 16.5. The molecular formula is C22H28N2O2. The summed E-state index contributed by atoms with van der Waals surface area (Å²) in [7, 11) is 0. The van der Waals surface area contributed by atoms with E-state index in [0.29, 0.717) is 13.0 Å². The molecule has 0 atom stereocenters. The Morgan fingerprint density at radius 1 is 1.00 bits per heavy atom. The van der Waals surface area contributed by atoms with Gasteiger partial charge in [-0.2, -0.15) is 0 Å². The van der Waals surface area contributed by atoms with Crippen LogP contribution >= 0.6 is 0 Å². The van der Waals surface area contributed by atoms with E-state index in [1.807, 2.05) is 36.1 Å². The van der Waals surface area contributed by atoms with Crippen LogP contribution in [0.2, 0.25) is 0 Å². The van der Waals surface area contributed by atoms with Gasteiger partial charge >= 0.3 is 0 Å². The molecule has 138 valence electrons. The number of carbonyl (C=O) groups excluding carboxylic acids is 1. The summed E-state index contributed by atoms with van der Waals surface area (Å²) in [6.45, 7) is 8.12. The summed E-state index contributed by atoms with van der Waals surface area (Å²) < 4.78 is 5.78. The van der Waals surface area contributed by atoms with Crippen molar-refractivity contribution in [3.8, 4) is 5.75 Å². The molecule has 1 saturated heterocycles. The predicted molar refractivity (Wildman–Crippen MR) is 106 cm³/mol. The number of hydrogen-bond donors (Lipinski definition) is 0. The molecule has 1 aliphatic heterocycles. The number of anilines is 1. The summed E-state index contributed by atoms with van der Waals surface area (Å²) >= 11 is 0. The van der Waals surface area contributed by atoms with Gasteiger partial charge in [-0.3, -0.25) is 4.79 Å². The van der Waals surface area contributed by atoms with E-state index in [1.165, 1.54) is 11.3 Å². The molecule has 0 saturated carbocycles. The molecular weight excluding hydrogens is 324 g/mol. The summed E-state index contributed by atoms with van der Waals surface area (Å²) in [5, 5.41) is 0. The Morgan fingerprint density at radius 2 is 1.77 bits per heavy atom. The van der Waals surface area contributed by atoms with Gasteiger partial charge in [-0.1, -0.05) is 30.3 Å². The largest absolute Gasteiger partial charge is 0.493 e. The molecule has 1 heterocycles. The van der Waals surface area contributed by atoms with E-state index in [2.05, 4.69) is 36.1 Å². The first-order chi connectivity index (χ1) is 12.6. The van der Waals surface area contributed by atoms with Crippen LogP contribution in [0.15, 0.2) is 48.5 Å². The maximum atomic E-state index is 12.4. The number of nitrogens with zero attached hydrogens (tertiary/aromatic N) is 2. The van der Waals surface area contributed by atoms with E-state index in [-0.39, 0.29) is 5.91 Å². The molecule has 3 rings (SSSR count). The Balaban J connectivity index is 1.39. The van der Waals surface area contributed by atoms with Crippen molar-refractivity contribution >= 4 is 11.6 Å². The molecule has 2 aromatic carbocycles. The third-order valence-corrected chi connectivity index (χ3v) is 4.89. The van der Waals surface area contributed by atoms with Crippen LogP contribution < -0.4 is 9.64 Å². The highest BCUT2D eigenvalue weighted by Gasteiger charge is 2.20. The first-order valence-corrected chi connectivity index (χ1v) is 9.41. The topological polar surface area (TPSA) is 32.8 Å². The van der Waals surface area contributed by atoms with Gasteiger partial charge in [-0.05, 0) is 49.6 Å². The Kier molecular flexibility index (Phi) is 6.16. The molecule has 0 bridgehead atoms. The molecule has 1 aliphatic rings. The van der Waals surface area contributed by atoms with Crippen LogP contribution in [0.3, 0.4) is 0 Å². The second kappa shape index (κ2) is 8.75. The Labute approximate surface area is 156 Å². The minimum atomic E-state index is 0.238. The first kappa shape index (κ1) is 18.3. The Morgan fingerprint density at radius 3 is 2.50 bits per heavy atom. The molecule has 4 heteroatoms. The number of piperazine rings is 1. The molecule has 0 spiro atoms. The molecule has 2 aromatic rings. The van der Waals surface area contributed by atoms with Crippen LogP contribution in [-0.2, 0) is 4.79 Å². The van der Waals surface area contributed by atoms with E-state index in [0.717, 1.165) is 43.9 Å². The van der Waals surface area contributed by atoms with Gasteiger partial charge in [0.05, 0.1) is 6.61 Å². The maximum Gasteiger partial charge on any atom is 0.222 e. The van der Waals surface area contributed by atoms with Crippen molar-refractivity contribution in [3.05, 3.63) is 59.7 Å². The number of amides is 1. The normalized spacial score (nSPS) is 14.4. The van der Waals surface area contributed by atoms with Crippen LogP contribution in [0.25, 0.3) is 0 Å². The molecule has 0 unspecified atom stereocenters. The lowest BCUT2D eigenvalue weighted by Gasteiger charge is -2.36. The van der Waals surface area contributed by atoms with Gasteiger partial charge in [0.2, 0.25) is 5.91 Å². The number of benzene rings is 2. The second-order valence-corrected chi connectivity index (χ2v) is 6.92. The quantitative estimate of drug-likeness (QED) is 0.741. The predicted octanol–water partition coefficient (Wildman–Crippen LogP) is 3.81. The average molecular weight is 352 g/mol. The lowest BCUT2D eigenvalue weighted by molar-refractivity contribution is -0.131. The van der Waals surface area contributed by atoms with E-state index in [4.69, 9.17) is 4.74 Å². The van der Waals surface area contributed by atoms with Crippen molar-refractivity contribution in [2.24, 2.45) is 0 Å². The first-order valence-electron chi connectivity index (χ1n) is 9.41. The maximum absolute atomic E-state index is 12.4. The lowest BCUT2D eigenvalue weighted by atomic mass is 10.2. The number of carbonyl (C=O) groups is 1. The van der Waals surface area contributed by atoms with Crippen molar-refractivity contribution in [2.45, 2.75) is 26.7 Å². The van der Waals surface area contributed by atoms with Gasteiger partial charge in [-0.15, -0.1) is 0 Å². The zero-order chi connectivity index (χ0) is 18.4. The van der Waals surface area contributed by atoms with Crippen molar-refractivity contribution in [3.63, 3.8) is 0 Å². The van der Waals surface area contributed by atoms with Crippen LogP contribution in [0.4, 0.5) is 5.69 Å². The summed E-state index contributed by atoms with van der Waals surface area (Å²) in [4.78, 5) is 16.8. The number of ether oxygens (including phenoxy) is 1. The van der Waals surface area contributed by atoms with Crippen LogP contribution in [0.1, 0.15) is 24.0 Å². The highest BCUT2D eigenvalue weighted by Crippen LogP contribution is 2.19. The van der Waals surface area contributed by atoms with Crippen molar-refractivity contribution < 1.29 is 9.53 Å². The molecule has 1 fully saturated rings. The van der Waals surface area contributed by atoms with Crippen molar-refractivity contribution in [2.75, 3.05) is 37.7 Å². The molecule has 0 aliphatic carbocycles. The molecule has 26 heavy (non-hydrogen) atoms. The van der Waals surface area contributed by atoms with E-state index >= 15 is 0 Å². The molecule has 0 radical (unpaired) electrons. The minimum Gasteiger partial charge on any atom is -0.493 e. The molecule has 1 amide bonds. The Bertz CT molecular complexity index is 736. The van der Waals surface area contributed by atoms with Crippen LogP contribution in [0, 0.1) is 13.8 Å². The average Bonchev–Trinajstić information content (AvgIpc) is 2.66. The fourth-order valence-electron chi connectivity index (χ4n) is 3.32. The van der Waals surface area contributed by atoms with E-state index in [1.54, 1.807) is 0 Å². The highest BCUT2D eigenvalue weighted by molar-refractivity contribution is 5.76. The van der Waals surface area contributed by atoms with Gasteiger partial charge in [0, 0.05) is 38.3 Å². The molecule has 0 N–H and O–H groups in total. The van der Waals surface area contributed by atoms with Gasteiger partial charge in [-0.25, -0.2) is 0 Å². The minimum absolute atomic E-state index is 0.238. The van der Waals surface area contributed by atoms with Gasteiger partial charge in [0.15, 0.2) is 0 Å². The van der Waals surface area contributed by atoms with E-state index in [9.17, 15) is 4.79 Å². The monoisotopic (exact) mass is 352 g/mol. The van der Waals surface area contributed by atoms with Crippen molar-refractivity contribution in [1.82, 2.24) is 4.90 Å². The summed E-state index contributed by atoms with van der Waals surface area (Å²) in [6.07, 6.45) is 1.31. The third kappa shape index (κ3) is 4.78. The summed E-state index contributed by atoms with van der Waals surface area (Å²) in [5.41, 5.74) is 3.66. The SMILES string of the molecule is Cc1cccc(N2CCN(C(=O)CCCOc3ccccc3C)CC2)c1. The third-order valence-electron chi connectivity index (χ3n) is 4.89. The number of rotatable bonds is 6. The number of para-hydroxylation sites is 1. The lowest BCUT2D eigenvalue weighted by Crippen LogP contribution is -2.48. The van der Waals surface area contributed by atoms with Crippen LogP contribution in [-0.4, -0.2) is 43.6 Å². The van der Waals surface area contributed by atoms with Gasteiger partial charge in [0.25, 0.3) is 0 Å². The van der Waals surface area contributed by atoms with Gasteiger partial charge < -0.3 is 14.5 Å². The second-order valence-electron chi connectivity index (χ2n) is 6.92. The summed E-state index contributed by atoms with van der Waals surface area (Å²) in [6, 6.07) is 16.5. The van der Waals surface area contributed by atoms with E-state index < -0.39 is 0 Å². The van der Waals surface area contributed by atoms with Crippen LogP contribution in [0.5, 0.6) is 5.75 Å². The fraction of sp³-hybridized carbons (Fsp3) is 0.409. The Hall–Kier alpha value is -2.49.